The summed E-state index contributed by atoms with van der Waals surface area (Å²) in [6, 6.07) is 13.7. The van der Waals surface area contributed by atoms with Gasteiger partial charge in [-0.3, -0.25) is 9.59 Å². The second-order valence-electron chi connectivity index (χ2n) is 9.65. The van der Waals surface area contributed by atoms with E-state index in [4.69, 9.17) is 9.47 Å². The van der Waals surface area contributed by atoms with Crippen LogP contribution in [0.25, 0.3) is 5.76 Å². The smallest absolute Gasteiger partial charge is 0.295 e. The van der Waals surface area contributed by atoms with E-state index < -0.39 is 17.7 Å². The van der Waals surface area contributed by atoms with Gasteiger partial charge in [-0.1, -0.05) is 45.2 Å². The molecule has 1 aliphatic heterocycles. The maximum absolute atomic E-state index is 13.2. The van der Waals surface area contributed by atoms with Crippen LogP contribution in [0.3, 0.4) is 0 Å². The molecule has 0 aliphatic carbocycles. The van der Waals surface area contributed by atoms with E-state index in [-0.39, 0.29) is 11.3 Å². The van der Waals surface area contributed by atoms with Gasteiger partial charge in [-0.15, -0.1) is 0 Å². The first kappa shape index (κ1) is 28.3. The third kappa shape index (κ3) is 7.35. The Hall–Kier alpha value is -3.32. The van der Waals surface area contributed by atoms with Gasteiger partial charge in [-0.05, 0) is 68.9 Å². The van der Waals surface area contributed by atoms with Crippen molar-refractivity contribution in [2.24, 2.45) is 0 Å². The SMILES string of the molecule is CCCCCOc1ccc(C2C(=C(O)c3ccc(OCCCC)cc3)C(=O)C(=O)N2CCN(C)C)cc1. The maximum atomic E-state index is 13.2. The Morgan fingerprint density at radius 3 is 2.00 bits per heavy atom. The average molecular weight is 509 g/mol. The summed E-state index contributed by atoms with van der Waals surface area (Å²) in [5.74, 6) is -0.0285. The molecule has 1 atom stereocenters. The highest BCUT2D eigenvalue weighted by molar-refractivity contribution is 6.46. The van der Waals surface area contributed by atoms with Crippen LogP contribution in [-0.2, 0) is 9.59 Å². The molecule has 0 aromatic heterocycles. The molecule has 1 saturated heterocycles. The molecule has 1 amide bonds. The number of aliphatic hydroxyl groups is 1. The fourth-order valence-electron chi connectivity index (χ4n) is 4.25. The first-order valence-corrected chi connectivity index (χ1v) is 13.3. The van der Waals surface area contributed by atoms with Gasteiger partial charge in [0.05, 0.1) is 24.8 Å². The Bertz CT molecular complexity index is 1060. The van der Waals surface area contributed by atoms with E-state index in [2.05, 4.69) is 13.8 Å². The van der Waals surface area contributed by atoms with Crippen molar-refractivity contribution in [1.29, 1.82) is 0 Å². The molecule has 200 valence electrons. The molecule has 1 unspecified atom stereocenters. The summed E-state index contributed by atoms with van der Waals surface area (Å²) in [5.41, 5.74) is 1.31. The Labute approximate surface area is 220 Å². The molecule has 7 nitrogen and oxygen atoms in total. The average Bonchev–Trinajstić information content (AvgIpc) is 3.15. The number of likely N-dealkylation sites (tertiary alicyclic amines) is 1. The first-order chi connectivity index (χ1) is 17.9. The zero-order chi connectivity index (χ0) is 26.8. The second kappa shape index (κ2) is 13.8. The quantitative estimate of drug-likeness (QED) is 0.159. The van der Waals surface area contributed by atoms with Gasteiger partial charge >= 0.3 is 0 Å². The van der Waals surface area contributed by atoms with Crippen LogP contribution >= 0.6 is 0 Å². The van der Waals surface area contributed by atoms with Crippen molar-refractivity contribution in [3.63, 3.8) is 0 Å². The van der Waals surface area contributed by atoms with Crippen LogP contribution in [-0.4, -0.2) is 67.0 Å². The van der Waals surface area contributed by atoms with Crippen molar-refractivity contribution >= 4 is 17.4 Å². The molecule has 7 heteroatoms. The van der Waals surface area contributed by atoms with E-state index in [0.717, 1.165) is 43.4 Å². The summed E-state index contributed by atoms with van der Waals surface area (Å²) in [6.45, 7) is 6.47. The summed E-state index contributed by atoms with van der Waals surface area (Å²) >= 11 is 0. The number of carbonyl (C=O) groups is 2. The Morgan fingerprint density at radius 2 is 1.43 bits per heavy atom. The molecule has 1 N–H and O–H groups in total. The fourth-order valence-corrected chi connectivity index (χ4v) is 4.25. The van der Waals surface area contributed by atoms with Gasteiger partial charge in [0.1, 0.15) is 17.3 Å². The standard InChI is InChI=1S/C30H40N2O5/c1-5-7-9-21-37-24-14-10-22(11-15-24)27-26(29(34)30(35)32(27)19-18-31(3)4)28(33)23-12-16-25(17-13-23)36-20-8-6-2/h10-17,27,33H,5-9,18-21H2,1-4H3. The molecule has 2 aromatic carbocycles. The fraction of sp³-hybridized carbons (Fsp3) is 0.467. The van der Waals surface area contributed by atoms with Crippen LogP contribution in [0.4, 0.5) is 0 Å². The third-order valence-electron chi connectivity index (χ3n) is 6.43. The van der Waals surface area contributed by atoms with Gasteiger partial charge in [-0.25, -0.2) is 0 Å². The minimum atomic E-state index is -0.686. The normalized spacial score (nSPS) is 17.0. The van der Waals surface area contributed by atoms with Gasteiger partial charge in [0, 0.05) is 18.7 Å². The van der Waals surface area contributed by atoms with Crippen molar-refractivity contribution in [2.45, 2.75) is 52.0 Å². The predicted molar refractivity (Wildman–Crippen MR) is 146 cm³/mol. The summed E-state index contributed by atoms with van der Waals surface area (Å²) in [7, 11) is 3.83. The van der Waals surface area contributed by atoms with Gasteiger partial charge in [0.15, 0.2) is 0 Å². The topological polar surface area (TPSA) is 79.3 Å². The number of carbonyl (C=O) groups excluding carboxylic acids is 2. The molecule has 0 spiro atoms. The van der Waals surface area contributed by atoms with Crippen molar-refractivity contribution < 1.29 is 24.2 Å². The summed E-state index contributed by atoms with van der Waals surface area (Å²) in [5, 5.41) is 11.3. The number of unbranched alkanes of at least 4 members (excludes halogenated alkanes) is 3. The highest BCUT2D eigenvalue weighted by atomic mass is 16.5. The second-order valence-corrected chi connectivity index (χ2v) is 9.65. The van der Waals surface area contributed by atoms with E-state index in [1.165, 1.54) is 0 Å². The molecule has 3 rings (SSSR count). The van der Waals surface area contributed by atoms with E-state index in [1.807, 2.05) is 43.3 Å². The minimum absolute atomic E-state index is 0.0972. The van der Waals surface area contributed by atoms with Crippen molar-refractivity contribution in [1.82, 2.24) is 9.80 Å². The number of rotatable bonds is 14. The van der Waals surface area contributed by atoms with Crippen LogP contribution in [0.5, 0.6) is 11.5 Å². The van der Waals surface area contributed by atoms with Gasteiger partial charge in [0.25, 0.3) is 11.7 Å². The molecule has 1 heterocycles. The number of nitrogens with zero attached hydrogens (tertiary/aromatic N) is 2. The third-order valence-corrected chi connectivity index (χ3v) is 6.43. The number of aliphatic hydroxyl groups excluding tert-OH is 1. The molecular formula is C30H40N2O5. The zero-order valence-corrected chi connectivity index (χ0v) is 22.5. The van der Waals surface area contributed by atoms with Crippen LogP contribution in [0.1, 0.15) is 63.1 Å². The molecule has 1 aliphatic rings. The number of hydrogen-bond acceptors (Lipinski definition) is 6. The molecular weight excluding hydrogens is 468 g/mol. The van der Waals surface area contributed by atoms with Crippen molar-refractivity contribution in [2.75, 3.05) is 40.4 Å². The Kier molecular flexibility index (Phi) is 10.6. The number of ketones is 1. The van der Waals surface area contributed by atoms with Crippen molar-refractivity contribution in [3.8, 4) is 11.5 Å². The molecule has 0 saturated carbocycles. The first-order valence-electron chi connectivity index (χ1n) is 13.3. The number of likely N-dealkylation sites (N-methyl/N-ethyl adjacent to an activating group) is 1. The van der Waals surface area contributed by atoms with Crippen LogP contribution in [0, 0.1) is 0 Å². The van der Waals surface area contributed by atoms with E-state index in [0.29, 0.717) is 37.6 Å². The monoisotopic (exact) mass is 508 g/mol. The number of amides is 1. The van der Waals surface area contributed by atoms with E-state index >= 15 is 0 Å². The van der Waals surface area contributed by atoms with Gasteiger partial charge < -0.3 is 24.4 Å². The Morgan fingerprint density at radius 1 is 0.865 bits per heavy atom. The molecule has 1 fully saturated rings. The number of Topliss-reactive ketones (excluding diaryl/α,β-unsaturated/α-hetero) is 1. The molecule has 0 bridgehead atoms. The lowest BCUT2D eigenvalue weighted by Gasteiger charge is -2.26. The highest BCUT2D eigenvalue weighted by Gasteiger charge is 2.45. The van der Waals surface area contributed by atoms with Crippen LogP contribution in [0.15, 0.2) is 54.1 Å². The van der Waals surface area contributed by atoms with Gasteiger partial charge in [0.2, 0.25) is 0 Å². The number of hydrogen-bond donors (Lipinski definition) is 1. The lowest BCUT2D eigenvalue weighted by molar-refractivity contribution is -0.140. The van der Waals surface area contributed by atoms with Crippen LogP contribution < -0.4 is 9.47 Å². The molecule has 37 heavy (non-hydrogen) atoms. The maximum Gasteiger partial charge on any atom is 0.295 e. The summed E-state index contributed by atoms with van der Waals surface area (Å²) < 4.78 is 11.6. The minimum Gasteiger partial charge on any atom is -0.507 e. The Balaban J connectivity index is 1.92. The largest absolute Gasteiger partial charge is 0.507 e. The summed E-state index contributed by atoms with van der Waals surface area (Å²) in [4.78, 5) is 29.8. The van der Waals surface area contributed by atoms with E-state index in [9.17, 15) is 14.7 Å². The van der Waals surface area contributed by atoms with Crippen molar-refractivity contribution in [3.05, 3.63) is 65.2 Å². The zero-order valence-electron chi connectivity index (χ0n) is 22.5. The number of ether oxygens (including phenoxy) is 2. The molecule has 2 aromatic rings. The lowest BCUT2D eigenvalue weighted by Crippen LogP contribution is -2.35. The highest BCUT2D eigenvalue weighted by Crippen LogP contribution is 2.39. The summed E-state index contributed by atoms with van der Waals surface area (Å²) in [6.07, 6.45) is 5.23. The van der Waals surface area contributed by atoms with Gasteiger partial charge in [-0.2, -0.15) is 0 Å². The lowest BCUT2D eigenvalue weighted by atomic mass is 9.95. The molecule has 0 radical (unpaired) electrons. The van der Waals surface area contributed by atoms with Crippen LogP contribution in [0.2, 0.25) is 0 Å². The predicted octanol–water partition coefficient (Wildman–Crippen LogP) is 5.42. The number of benzene rings is 2. The van der Waals surface area contributed by atoms with E-state index in [1.54, 1.807) is 29.2 Å².